The zero-order chi connectivity index (χ0) is 6.81. The lowest BCUT2D eigenvalue weighted by Crippen LogP contribution is -2.36. The summed E-state index contributed by atoms with van der Waals surface area (Å²) >= 11 is 0. The van der Waals surface area contributed by atoms with E-state index in [0.717, 1.165) is 12.3 Å². The minimum atomic E-state index is 0.627. The molecule has 0 saturated heterocycles. The third kappa shape index (κ3) is 0.823. The van der Waals surface area contributed by atoms with Crippen molar-refractivity contribution in [1.82, 2.24) is 5.32 Å². The fourth-order valence-electron chi connectivity index (χ4n) is 0.890. The molecule has 0 aliphatic carbocycles. The van der Waals surface area contributed by atoms with E-state index in [1.54, 1.807) is 6.20 Å². The molecule has 0 atom stereocenters. The van der Waals surface area contributed by atoms with E-state index in [1.165, 1.54) is 6.26 Å². The number of hydrogen-bond acceptors (Lipinski definition) is 4. The van der Waals surface area contributed by atoms with Crippen LogP contribution in [-0.4, -0.2) is 24.8 Å². The first kappa shape index (κ1) is 5.61. The molecule has 0 amide bonds. The second-order valence-corrected chi connectivity index (χ2v) is 2.03. The van der Waals surface area contributed by atoms with E-state index in [9.17, 15) is 0 Å². The monoisotopic (exact) mass is 137 g/mol. The summed E-state index contributed by atoms with van der Waals surface area (Å²) in [5, 5.41) is 3.05. The van der Waals surface area contributed by atoms with Crippen molar-refractivity contribution in [3.63, 3.8) is 0 Å². The summed E-state index contributed by atoms with van der Waals surface area (Å²) in [6.07, 6.45) is 3.16. The molecule has 0 aromatic heterocycles. The maximum Gasteiger partial charge on any atom is 0.238 e. The molecule has 0 aromatic carbocycles. The minimum Gasteiger partial charge on any atom is -0.444 e. The summed E-state index contributed by atoms with van der Waals surface area (Å²) in [5.74, 6) is 0.654. The Morgan fingerprint density at radius 1 is 1.60 bits per heavy atom. The van der Waals surface area contributed by atoms with Crippen molar-refractivity contribution in [1.29, 1.82) is 0 Å². The smallest absolute Gasteiger partial charge is 0.238 e. The topological polar surface area (TPSA) is 46.0 Å². The molecule has 4 heteroatoms. The second kappa shape index (κ2) is 2.22. The number of fused-ring (bicyclic) bond motifs is 1. The van der Waals surface area contributed by atoms with E-state index in [4.69, 9.17) is 4.74 Å². The average molecular weight is 137 g/mol. The Bertz CT molecular complexity index is 229. The van der Waals surface area contributed by atoms with E-state index in [2.05, 4.69) is 15.3 Å². The van der Waals surface area contributed by atoms with Gasteiger partial charge in [-0.15, -0.1) is 0 Å². The lowest BCUT2D eigenvalue weighted by molar-refractivity contribution is 0.465. The molecule has 0 spiro atoms. The first-order chi connectivity index (χ1) is 4.97. The van der Waals surface area contributed by atoms with Gasteiger partial charge in [-0.2, -0.15) is 0 Å². The second-order valence-electron chi connectivity index (χ2n) is 2.03. The van der Waals surface area contributed by atoms with Crippen LogP contribution < -0.4 is 5.32 Å². The normalized spacial score (nSPS) is 22.4. The van der Waals surface area contributed by atoms with Crippen LogP contribution in [0.1, 0.15) is 0 Å². The Morgan fingerprint density at radius 2 is 2.60 bits per heavy atom. The van der Waals surface area contributed by atoms with E-state index >= 15 is 0 Å². The van der Waals surface area contributed by atoms with Gasteiger partial charge in [-0.05, 0) is 0 Å². The van der Waals surface area contributed by atoms with Gasteiger partial charge < -0.3 is 4.74 Å². The third-order valence-electron chi connectivity index (χ3n) is 1.34. The van der Waals surface area contributed by atoms with Gasteiger partial charge in [0.25, 0.3) is 0 Å². The highest BCUT2D eigenvalue weighted by atomic mass is 16.5. The summed E-state index contributed by atoms with van der Waals surface area (Å²) in [7, 11) is 0. The Kier molecular flexibility index (Phi) is 1.25. The SMILES string of the molecule is C1=COC2=NCNCC2=N1. The molecule has 2 rings (SSSR count). The van der Waals surface area contributed by atoms with Gasteiger partial charge in [0.1, 0.15) is 12.0 Å². The molecular formula is C6H7N3O. The van der Waals surface area contributed by atoms with Crippen LogP contribution in [0.4, 0.5) is 0 Å². The molecule has 2 aliphatic rings. The van der Waals surface area contributed by atoms with Gasteiger partial charge in [0.2, 0.25) is 5.90 Å². The van der Waals surface area contributed by atoms with Gasteiger partial charge in [0.05, 0.1) is 12.9 Å². The Morgan fingerprint density at radius 3 is 3.50 bits per heavy atom. The molecule has 2 heterocycles. The minimum absolute atomic E-state index is 0.627. The fourth-order valence-corrected chi connectivity index (χ4v) is 0.890. The van der Waals surface area contributed by atoms with Crippen LogP contribution in [0.2, 0.25) is 0 Å². The van der Waals surface area contributed by atoms with Crippen molar-refractivity contribution >= 4 is 11.6 Å². The molecule has 0 aromatic rings. The Balaban J connectivity index is 2.32. The summed E-state index contributed by atoms with van der Waals surface area (Å²) in [6.45, 7) is 1.38. The van der Waals surface area contributed by atoms with Crippen LogP contribution in [0.5, 0.6) is 0 Å². The van der Waals surface area contributed by atoms with E-state index in [0.29, 0.717) is 12.6 Å². The van der Waals surface area contributed by atoms with Crippen molar-refractivity contribution in [3.8, 4) is 0 Å². The maximum atomic E-state index is 5.08. The molecule has 0 radical (unpaired) electrons. The number of rotatable bonds is 0. The van der Waals surface area contributed by atoms with Gasteiger partial charge in [-0.1, -0.05) is 0 Å². The first-order valence-electron chi connectivity index (χ1n) is 3.11. The average Bonchev–Trinajstić information content (AvgIpc) is 2.05. The number of nitrogens with zero attached hydrogens (tertiary/aromatic N) is 2. The number of ether oxygens (including phenoxy) is 1. The molecule has 52 valence electrons. The van der Waals surface area contributed by atoms with Crippen molar-refractivity contribution in [3.05, 3.63) is 12.5 Å². The molecule has 4 nitrogen and oxygen atoms in total. The van der Waals surface area contributed by atoms with Crippen molar-refractivity contribution < 1.29 is 4.74 Å². The van der Waals surface area contributed by atoms with Crippen LogP contribution in [0.15, 0.2) is 22.4 Å². The molecular weight excluding hydrogens is 130 g/mol. The van der Waals surface area contributed by atoms with Gasteiger partial charge in [-0.25, -0.2) is 4.99 Å². The molecule has 2 aliphatic heterocycles. The van der Waals surface area contributed by atoms with Crippen LogP contribution >= 0.6 is 0 Å². The standard InChI is InChI=1S/C6H7N3O/c1-2-10-6-5(8-1)3-7-4-9-6/h1-2,7H,3-4H2. The maximum absolute atomic E-state index is 5.08. The quantitative estimate of drug-likeness (QED) is 0.506. The van der Waals surface area contributed by atoms with Crippen molar-refractivity contribution in [2.24, 2.45) is 9.98 Å². The highest BCUT2D eigenvalue weighted by molar-refractivity contribution is 6.40. The largest absolute Gasteiger partial charge is 0.444 e. The predicted molar refractivity (Wildman–Crippen MR) is 38.0 cm³/mol. The van der Waals surface area contributed by atoms with Crippen LogP contribution in [-0.2, 0) is 4.74 Å². The number of nitrogens with one attached hydrogen (secondary N) is 1. The summed E-state index contributed by atoms with van der Waals surface area (Å²) in [4.78, 5) is 8.12. The van der Waals surface area contributed by atoms with Crippen LogP contribution in [0, 0.1) is 0 Å². The summed E-state index contributed by atoms with van der Waals surface area (Å²) < 4.78 is 5.08. The lowest BCUT2D eigenvalue weighted by atomic mass is 10.3. The van der Waals surface area contributed by atoms with Crippen LogP contribution in [0.25, 0.3) is 0 Å². The third-order valence-corrected chi connectivity index (χ3v) is 1.34. The zero-order valence-electron chi connectivity index (χ0n) is 5.37. The molecule has 0 saturated carbocycles. The lowest BCUT2D eigenvalue weighted by Gasteiger charge is -2.15. The number of aliphatic imine (C=N–C) groups is 2. The van der Waals surface area contributed by atoms with E-state index in [1.807, 2.05) is 0 Å². The fraction of sp³-hybridized carbons (Fsp3) is 0.333. The highest BCUT2D eigenvalue weighted by Crippen LogP contribution is 1.99. The van der Waals surface area contributed by atoms with Crippen LogP contribution in [0.3, 0.4) is 0 Å². The Labute approximate surface area is 58.3 Å². The summed E-state index contributed by atoms with van der Waals surface area (Å²) in [5.41, 5.74) is 0.883. The van der Waals surface area contributed by atoms with Crippen molar-refractivity contribution in [2.45, 2.75) is 0 Å². The number of hydrogen-bond donors (Lipinski definition) is 1. The van der Waals surface area contributed by atoms with Gasteiger partial charge in [0.15, 0.2) is 0 Å². The highest BCUT2D eigenvalue weighted by Gasteiger charge is 2.14. The predicted octanol–water partition coefficient (Wildman–Crippen LogP) is -0.112. The molecule has 0 bridgehead atoms. The Hall–Kier alpha value is -1.16. The molecule has 0 unspecified atom stereocenters. The molecule has 0 fully saturated rings. The summed E-state index contributed by atoms with van der Waals surface area (Å²) in [6, 6.07) is 0. The first-order valence-corrected chi connectivity index (χ1v) is 3.11. The van der Waals surface area contributed by atoms with Gasteiger partial charge in [0, 0.05) is 6.54 Å². The van der Waals surface area contributed by atoms with Gasteiger partial charge in [-0.3, -0.25) is 10.3 Å². The van der Waals surface area contributed by atoms with Crippen molar-refractivity contribution in [2.75, 3.05) is 13.2 Å². The van der Waals surface area contributed by atoms with E-state index in [-0.39, 0.29) is 0 Å². The molecule has 1 N–H and O–H groups in total. The van der Waals surface area contributed by atoms with E-state index < -0.39 is 0 Å². The van der Waals surface area contributed by atoms with Gasteiger partial charge >= 0.3 is 0 Å². The molecule has 10 heavy (non-hydrogen) atoms. The zero-order valence-corrected chi connectivity index (χ0v) is 5.37.